The Bertz CT molecular complexity index is 442. The molecule has 21 heavy (non-hydrogen) atoms. The highest BCUT2D eigenvalue weighted by Gasteiger charge is 2.21. The molecule has 1 aromatic carbocycles. The molecule has 118 valence electrons. The van der Waals surface area contributed by atoms with E-state index < -0.39 is 0 Å². The Balaban J connectivity index is 1.72. The van der Waals surface area contributed by atoms with Crippen molar-refractivity contribution >= 4 is 11.6 Å². The van der Waals surface area contributed by atoms with Gasteiger partial charge in [0.25, 0.3) is 0 Å². The largest absolute Gasteiger partial charge is 0.494 e. The number of ether oxygens (including phenoxy) is 2. The van der Waals surface area contributed by atoms with Gasteiger partial charge in [-0.1, -0.05) is 18.5 Å². The van der Waals surface area contributed by atoms with Crippen LogP contribution in [0, 0.1) is 0 Å². The molecule has 0 radical (unpaired) electrons. The number of halogens is 1. The molecule has 2 atom stereocenters. The highest BCUT2D eigenvalue weighted by atomic mass is 35.5. The topological polar surface area (TPSA) is 21.7 Å². The van der Waals surface area contributed by atoms with Gasteiger partial charge in [-0.25, -0.2) is 0 Å². The molecule has 0 amide bonds. The monoisotopic (exact) mass is 311 g/mol. The lowest BCUT2D eigenvalue weighted by molar-refractivity contribution is -0.0686. The van der Waals surface area contributed by atoms with Crippen LogP contribution in [-0.2, 0) is 11.2 Å². The van der Waals surface area contributed by atoms with E-state index in [9.17, 15) is 0 Å². The standard InChI is InChI=1S/C17H26ClNO2/c1-4-15-10-16(6-7-17(15)18)20-9-5-8-19-11-13(2)21-14(3)12-19/h6-7,10,13-14H,4-5,8-9,11-12H2,1-3H3/t13-,14-/m1/s1. The van der Waals surface area contributed by atoms with Gasteiger partial charge in [-0.2, -0.15) is 0 Å². The average molecular weight is 312 g/mol. The van der Waals surface area contributed by atoms with E-state index in [1.165, 1.54) is 0 Å². The van der Waals surface area contributed by atoms with Crippen molar-refractivity contribution in [1.29, 1.82) is 0 Å². The van der Waals surface area contributed by atoms with E-state index in [1.54, 1.807) is 0 Å². The zero-order valence-electron chi connectivity index (χ0n) is 13.3. The van der Waals surface area contributed by atoms with Gasteiger partial charge in [-0.3, -0.25) is 4.90 Å². The van der Waals surface area contributed by atoms with Gasteiger partial charge in [0.15, 0.2) is 0 Å². The summed E-state index contributed by atoms with van der Waals surface area (Å²) in [5.74, 6) is 0.917. The van der Waals surface area contributed by atoms with Crippen LogP contribution in [0.1, 0.15) is 32.8 Å². The Kier molecular flexibility index (Phi) is 6.34. The van der Waals surface area contributed by atoms with Crippen LogP contribution in [0.3, 0.4) is 0 Å². The molecular formula is C17H26ClNO2. The highest BCUT2D eigenvalue weighted by Crippen LogP contribution is 2.22. The molecule has 0 aliphatic carbocycles. The lowest BCUT2D eigenvalue weighted by Gasteiger charge is -2.35. The quantitative estimate of drug-likeness (QED) is 0.746. The van der Waals surface area contributed by atoms with Gasteiger partial charge in [0.1, 0.15) is 5.75 Å². The Morgan fingerprint density at radius 2 is 2.00 bits per heavy atom. The van der Waals surface area contributed by atoms with E-state index in [2.05, 4.69) is 25.7 Å². The molecule has 3 nitrogen and oxygen atoms in total. The first-order valence-corrected chi connectivity index (χ1v) is 8.25. The van der Waals surface area contributed by atoms with E-state index in [0.717, 1.165) is 55.4 Å². The summed E-state index contributed by atoms with van der Waals surface area (Å²) >= 11 is 6.11. The molecule has 0 bridgehead atoms. The molecule has 0 saturated carbocycles. The van der Waals surface area contributed by atoms with Crippen molar-refractivity contribution in [2.45, 2.75) is 45.8 Å². The number of rotatable bonds is 6. The highest BCUT2D eigenvalue weighted by molar-refractivity contribution is 6.31. The van der Waals surface area contributed by atoms with Crippen molar-refractivity contribution in [3.8, 4) is 5.75 Å². The van der Waals surface area contributed by atoms with Crippen LogP contribution in [0.4, 0.5) is 0 Å². The van der Waals surface area contributed by atoms with Crippen LogP contribution in [0.2, 0.25) is 5.02 Å². The summed E-state index contributed by atoms with van der Waals surface area (Å²) in [5.41, 5.74) is 1.14. The summed E-state index contributed by atoms with van der Waals surface area (Å²) in [5, 5.41) is 0.821. The van der Waals surface area contributed by atoms with E-state index in [0.29, 0.717) is 12.2 Å². The maximum Gasteiger partial charge on any atom is 0.119 e. The van der Waals surface area contributed by atoms with Gasteiger partial charge in [0.2, 0.25) is 0 Å². The van der Waals surface area contributed by atoms with E-state index in [4.69, 9.17) is 21.1 Å². The van der Waals surface area contributed by atoms with Crippen molar-refractivity contribution in [3.63, 3.8) is 0 Å². The molecule has 1 aliphatic heterocycles. The lowest BCUT2D eigenvalue weighted by Crippen LogP contribution is -2.45. The van der Waals surface area contributed by atoms with E-state index in [1.807, 2.05) is 18.2 Å². The first kappa shape index (κ1) is 16.6. The third kappa shape index (κ3) is 5.17. The molecule has 2 rings (SSSR count). The third-order valence-corrected chi connectivity index (χ3v) is 4.15. The minimum absolute atomic E-state index is 0.332. The summed E-state index contributed by atoms with van der Waals surface area (Å²) in [6, 6.07) is 5.91. The Labute approximate surface area is 133 Å². The maximum atomic E-state index is 6.11. The van der Waals surface area contributed by atoms with Crippen molar-refractivity contribution < 1.29 is 9.47 Å². The smallest absolute Gasteiger partial charge is 0.119 e. The second-order valence-corrected chi connectivity index (χ2v) is 6.23. The third-order valence-electron chi connectivity index (χ3n) is 3.78. The normalized spacial score (nSPS) is 23.2. The molecule has 0 aromatic heterocycles. The molecule has 0 unspecified atom stereocenters. The molecule has 4 heteroatoms. The fraction of sp³-hybridized carbons (Fsp3) is 0.647. The Hall–Kier alpha value is -0.770. The predicted molar refractivity (Wildman–Crippen MR) is 87.4 cm³/mol. The Morgan fingerprint density at radius 3 is 2.67 bits per heavy atom. The number of aryl methyl sites for hydroxylation is 1. The van der Waals surface area contributed by atoms with Crippen molar-refractivity contribution in [2.75, 3.05) is 26.2 Å². The molecule has 0 N–H and O–H groups in total. The van der Waals surface area contributed by atoms with Crippen LogP contribution in [0.15, 0.2) is 18.2 Å². The second-order valence-electron chi connectivity index (χ2n) is 5.83. The number of hydrogen-bond donors (Lipinski definition) is 0. The minimum atomic E-state index is 0.332. The van der Waals surface area contributed by atoms with Crippen LogP contribution < -0.4 is 4.74 Å². The summed E-state index contributed by atoms with van der Waals surface area (Å²) in [6.07, 6.45) is 2.62. The van der Waals surface area contributed by atoms with Crippen LogP contribution >= 0.6 is 11.6 Å². The average Bonchev–Trinajstić information content (AvgIpc) is 2.44. The van der Waals surface area contributed by atoms with Gasteiger partial charge in [-0.15, -0.1) is 0 Å². The molecule has 1 aliphatic rings. The minimum Gasteiger partial charge on any atom is -0.494 e. The van der Waals surface area contributed by atoms with Gasteiger partial charge < -0.3 is 9.47 Å². The zero-order chi connectivity index (χ0) is 15.2. The van der Waals surface area contributed by atoms with Crippen molar-refractivity contribution in [3.05, 3.63) is 28.8 Å². The van der Waals surface area contributed by atoms with E-state index >= 15 is 0 Å². The Morgan fingerprint density at radius 1 is 1.29 bits per heavy atom. The van der Waals surface area contributed by atoms with Gasteiger partial charge in [-0.05, 0) is 50.5 Å². The molecule has 0 spiro atoms. The van der Waals surface area contributed by atoms with Crippen LogP contribution in [-0.4, -0.2) is 43.3 Å². The first-order valence-electron chi connectivity index (χ1n) is 7.87. The number of benzene rings is 1. The molecule has 1 heterocycles. The SMILES string of the molecule is CCc1cc(OCCCN2C[C@@H](C)O[C@H](C)C2)ccc1Cl. The van der Waals surface area contributed by atoms with Crippen molar-refractivity contribution in [2.24, 2.45) is 0 Å². The summed E-state index contributed by atoms with van der Waals surface area (Å²) in [7, 11) is 0. The molecular weight excluding hydrogens is 286 g/mol. The van der Waals surface area contributed by atoms with Gasteiger partial charge in [0.05, 0.1) is 18.8 Å². The number of hydrogen-bond acceptors (Lipinski definition) is 3. The molecule has 1 saturated heterocycles. The first-order chi connectivity index (χ1) is 10.1. The maximum absolute atomic E-state index is 6.11. The lowest BCUT2D eigenvalue weighted by atomic mass is 10.1. The fourth-order valence-corrected chi connectivity index (χ4v) is 3.11. The van der Waals surface area contributed by atoms with Gasteiger partial charge >= 0.3 is 0 Å². The second kappa shape index (κ2) is 8.02. The van der Waals surface area contributed by atoms with Crippen LogP contribution in [0.5, 0.6) is 5.75 Å². The molecule has 1 aromatic rings. The van der Waals surface area contributed by atoms with E-state index in [-0.39, 0.29) is 0 Å². The van der Waals surface area contributed by atoms with Crippen LogP contribution in [0.25, 0.3) is 0 Å². The number of nitrogens with zero attached hydrogens (tertiary/aromatic N) is 1. The molecule has 1 fully saturated rings. The van der Waals surface area contributed by atoms with Gasteiger partial charge in [0, 0.05) is 24.7 Å². The summed E-state index contributed by atoms with van der Waals surface area (Å²) in [6.45, 7) is 10.2. The summed E-state index contributed by atoms with van der Waals surface area (Å²) < 4.78 is 11.6. The number of morpholine rings is 1. The zero-order valence-corrected chi connectivity index (χ0v) is 14.0. The fourth-order valence-electron chi connectivity index (χ4n) is 2.86. The predicted octanol–water partition coefficient (Wildman–Crippen LogP) is 3.78. The summed E-state index contributed by atoms with van der Waals surface area (Å²) in [4.78, 5) is 2.46. The van der Waals surface area contributed by atoms with Crippen molar-refractivity contribution in [1.82, 2.24) is 4.90 Å².